The molecule has 1 atom stereocenters. The number of hydrogen-bond donors (Lipinski definition) is 2. The van der Waals surface area contributed by atoms with Gasteiger partial charge in [-0.2, -0.15) is 5.10 Å². The zero-order valence-electron chi connectivity index (χ0n) is 20.3. The number of benzene rings is 3. The summed E-state index contributed by atoms with van der Waals surface area (Å²) in [4.78, 5) is 13.4. The second kappa shape index (κ2) is 10.5. The van der Waals surface area contributed by atoms with Crippen molar-refractivity contribution in [1.82, 2.24) is 15.1 Å². The second-order valence-electron chi connectivity index (χ2n) is 8.82. The lowest BCUT2D eigenvalue weighted by atomic mass is 10.0. The summed E-state index contributed by atoms with van der Waals surface area (Å²) in [6.07, 6.45) is 0. The molecular weight excluding hydrogens is 420 g/mol. The number of carbonyl (C=O) groups is 1. The summed E-state index contributed by atoms with van der Waals surface area (Å²) in [6, 6.07) is 25.8. The molecule has 3 aromatic carbocycles. The number of aromatic nitrogens is 2. The summed E-state index contributed by atoms with van der Waals surface area (Å²) < 4.78 is 2.04. The lowest BCUT2D eigenvalue weighted by Gasteiger charge is -2.20. The van der Waals surface area contributed by atoms with Crippen LogP contribution in [0.3, 0.4) is 0 Å². The van der Waals surface area contributed by atoms with Gasteiger partial charge in [0.1, 0.15) is 6.04 Å². The molecule has 0 radical (unpaired) electrons. The van der Waals surface area contributed by atoms with Crippen LogP contribution in [-0.2, 0) is 17.9 Å². The minimum Gasteiger partial charge on any atom is -0.324 e. The summed E-state index contributed by atoms with van der Waals surface area (Å²) >= 11 is 0. The van der Waals surface area contributed by atoms with Crippen LogP contribution in [0.2, 0.25) is 0 Å². The highest BCUT2D eigenvalue weighted by Gasteiger charge is 2.22. The first kappa shape index (κ1) is 23.5. The Morgan fingerprint density at radius 2 is 1.59 bits per heavy atom. The Kier molecular flexibility index (Phi) is 7.24. The number of rotatable bonds is 8. The molecule has 5 heteroatoms. The number of aryl methyl sites for hydroxylation is 3. The maximum absolute atomic E-state index is 13.4. The van der Waals surface area contributed by atoms with Gasteiger partial charge in [-0.3, -0.25) is 14.8 Å². The number of anilines is 1. The van der Waals surface area contributed by atoms with Crippen molar-refractivity contribution in [3.63, 3.8) is 0 Å². The van der Waals surface area contributed by atoms with E-state index in [9.17, 15) is 4.79 Å². The van der Waals surface area contributed by atoms with Crippen molar-refractivity contribution in [3.8, 4) is 0 Å². The zero-order valence-corrected chi connectivity index (χ0v) is 20.3. The Bertz CT molecular complexity index is 1260. The van der Waals surface area contributed by atoms with Crippen molar-refractivity contribution in [2.24, 2.45) is 0 Å². The number of nitrogens with zero attached hydrogens (tertiary/aromatic N) is 2. The van der Waals surface area contributed by atoms with E-state index in [0.29, 0.717) is 6.54 Å². The van der Waals surface area contributed by atoms with Crippen LogP contribution < -0.4 is 10.6 Å². The maximum Gasteiger partial charge on any atom is 0.246 e. The topological polar surface area (TPSA) is 59.0 Å². The highest BCUT2D eigenvalue weighted by Crippen LogP contribution is 2.22. The number of hydrogen-bond acceptors (Lipinski definition) is 3. The van der Waals surface area contributed by atoms with E-state index in [4.69, 9.17) is 5.10 Å². The monoisotopic (exact) mass is 452 g/mol. The molecule has 0 aliphatic carbocycles. The molecule has 0 saturated heterocycles. The molecule has 0 aliphatic heterocycles. The number of carbonyl (C=O) groups excluding carboxylic acids is 1. The molecule has 5 nitrogen and oxygen atoms in total. The fourth-order valence-corrected chi connectivity index (χ4v) is 4.19. The predicted octanol–water partition coefficient (Wildman–Crippen LogP) is 5.63. The first-order valence-corrected chi connectivity index (χ1v) is 11.7. The molecule has 0 spiro atoms. The van der Waals surface area contributed by atoms with Crippen LogP contribution in [0.1, 0.15) is 45.2 Å². The van der Waals surface area contributed by atoms with E-state index in [2.05, 4.69) is 35.8 Å². The third-order valence-electron chi connectivity index (χ3n) is 6.24. The highest BCUT2D eigenvalue weighted by atomic mass is 16.2. The minimum atomic E-state index is -0.489. The SMILES string of the molecule is Cc1ccc(C)c(NC(=O)[C@@H](NCc2c(C)nn(Cc3ccccc3)c2C)c2ccccc2)c1. The van der Waals surface area contributed by atoms with Gasteiger partial charge in [-0.25, -0.2) is 0 Å². The van der Waals surface area contributed by atoms with Gasteiger partial charge in [0.25, 0.3) is 0 Å². The Labute approximate surface area is 201 Å². The summed E-state index contributed by atoms with van der Waals surface area (Å²) in [5.41, 5.74) is 8.34. The van der Waals surface area contributed by atoms with Gasteiger partial charge in [-0.05, 0) is 56.0 Å². The fourth-order valence-electron chi connectivity index (χ4n) is 4.19. The smallest absolute Gasteiger partial charge is 0.246 e. The number of amides is 1. The van der Waals surface area contributed by atoms with Crippen molar-refractivity contribution >= 4 is 11.6 Å². The summed E-state index contributed by atoms with van der Waals surface area (Å²) in [5.74, 6) is -0.0770. The molecule has 1 heterocycles. The van der Waals surface area contributed by atoms with Gasteiger partial charge >= 0.3 is 0 Å². The molecule has 0 bridgehead atoms. The largest absolute Gasteiger partial charge is 0.324 e. The van der Waals surface area contributed by atoms with Crippen LogP contribution in [0.5, 0.6) is 0 Å². The van der Waals surface area contributed by atoms with E-state index in [1.165, 1.54) is 5.56 Å². The zero-order chi connectivity index (χ0) is 24.1. The molecule has 0 aliphatic rings. The summed E-state index contributed by atoms with van der Waals surface area (Å²) in [5, 5.41) is 11.4. The van der Waals surface area contributed by atoms with Crippen LogP contribution in [0.25, 0.3) is 0 Å². The highest BCUT2D eigenvalue weighted by molar-refractivity contribution is 5.96. The Morgan fingerprint density at radius 3 is 2.29 bits per heavy atom. The first-order chi connectivity index (χ1) is 16.4. The van der Waals surface area contributed by atoms with Crippen LogP contribution >= 0.6 is 0 Å². The van der Waals surface area contributed by atoms with E-state index in [-0.39, 0.29) is 5.91 Å². The van der Waals surface area contributed by atoms with Crippen LogP contribution in [0.4, 0.5) is 5.69 Å². The maximum atomic E-state index is 13.4. The normalized spacial score (nSPS) is 11.9. The van der Waals surface area contributed by atoms with Gasteiger partial charge in [0, 0.05) is 23.5 Å². The van der Waals surface area contributed by atoms with Crippen molar-refractivity contribution in [2.45, 2.75) is 46.8 Å². The van der Waals surface area contributed by atoms with Gasteiger partial charge in [-0.1, -0.05) is 72.8 Å². The molecule has 34 heavy (non-hydrogen) atoms. The molecule has 4 aromatic rings. The molecule has 2 N–H and O–H groups in total. The average Bonchev–Trinajstić information content (AvgIpc) is 3.10. The van der Waals surface area contributed by atoms with E-state index in [0.717, 1.165) is 45.9 Å². The fraction of sp³-hybridized carbons (Fsp3) is 0.241. The molecule has 0 unspecified atom stereocenters. The van der Waals surface area contributed by atoms with Gasteiger partial charge in [-0.15, -0.1) is 0 Å². The van der Waals surface area contributed by atoms with Crippen LogP contribution in [0.15, 0.2) is 78.9 Å². The van der Waals surface area contributed by atoms with E-state index in [1.807, 2.05) is 86.1 Å². The minimum absolute atomic E-state index is 0.0770. The Balaban J connectivity index is 1.55. The second-order valence-corrected chi connectivity index (χ2v) is 8.82. The van der Waals surface area contributed by atoms with E-state index >= 15 is 0 Å². The average molecular weight is 453 g/mol. The molecule has 1 aromatic heterocycles. The predicted molar refractivity (Wildman–Crippen MR) is 138 cm³/mol. The van der Waals surface area contributed by atoms with Crippen molar-refractivity contribution < 1.29 is 4.79 Å². The lowest BCUT2D eigenvalue weighted by Crippen LogP contribution is -2.33. The Hall–Kier alpha value is -3.70. The molecule has 0 saturated carbocycles. The van der Waals surface area contributed by atoms with Gasteiger partial charge in [0.05, 0.1) is 12.2 Å². The van der Waals surface area contributed by atoms with Crippen molar-refractivity contribution in [1.29, 1.82) is 0 Å². The summed E-state index contributed by atoms with van der Waals surface area (Å²) in [6.45, 7) is 9.43. The van der Waals surface area contributed by atoms with Gasteiger partial charge in [0.2, 0.25) is 5.91 Å². The molecule has 1 amide bonds. The standard InChI is InChI=1S/C29H32N4O/c1-20-15-16-21(2)27(17-20)31-29(34)28(25-13-9-6-10-14-25)30-18-26-22(3)32-33(23(26)4)19-24-11-7-5-8-12-24/h5-17,28,30H,18-19H2,1-4H3,(H,31,34)/t28-/m0/s1. The summed E-state index contributed by atoms with van der Waals surface area (Å²) in [7, 11) is 0. The van der Waals surface area contributed by atoms with Gasteiger partial charge < -0.3 is 5.32 Å². The number of nitrogens with one attached hydrogen (secondary N) is 2. The molecule has 4 rings (SSSR count). The van der Waals surface area contributed by atoms with Crippen LogP contribution in [-0.4, -0.2) is 15.7 Å². The third kappa shape index (κ3) is 5.43. The van der Waals surface area contributed by atoms with Gasteiger partial charge in [0.15, 0.2) is 0 Å². The lowest BCUT2D eigenvalue weighted by molar-refractivity contribution is -0.118. The third-order valence-corrected chi connectivity index (χ3v) is 6.24. The van der Waals surface area contributed by atoms with Crippen molar-refractivity contribution in [2.75, 3.05) is 5.32 Å². The van der Waals surface area contributed by atoms with Crippen LogP contribution in [0, 0.1) is 27.7 Å². The quantitative estimate of drug-likeness (QED) is 0.364. The molecular formula is C29H32N4O. The van der Waals surface area contributed by atoms with E-state index in [1.54, 1.807) is 0 Å². The Morgan fingerprint density at radius 1 is 0.912 bits per heavy atom. The molecule has 0 fully saturated rings. The molecule has 174 valence electrons. The van der Waals surface area contributed by atoms with Crippen molar-refractivity contribution in [3.05, 3.63) is 118 Å². The van der Waals surface area contributed by atoms with E-state index < -0.39 is 6.04 Å². The first-order valence-electron chi connectivity index (χ1n) is 11.7.